The molecule has 2 heterocycles. The van der Waals surface area contributed by atoms with Gasteiger partial charge in [-0.2, -0.15) is 5.10 Å². The number of primary amides is 1. The van der Waals surface area contributed by atoms with Crippen molar-refractivity contribution in [3.05, 3.63) is 77.7 Å². The number of carbonyl (C=O) groups excluding carboxylic acids is 1. The maximum atomic E-state index is 12.1. The number of nitrogens with two attached hydrogens (primary N) is 1. The lowest BCUT2D eigenvalue weighted by atomic mass is 9.93. The van der Waals surface area contributed by atoms with Gasteiger partial charge in [-0.1, -0.05) is 12.1 Å². The van der Waals surface area contributed by atoms with Crippen LogP contribution >= 0.6 is 0 Å². The zero-order chi connectivity index (χ0) is 23.5. The standard InChI is InChI=1S/C24H22N4O5/c1-3-28-13-15(12-27-28)22(23(25)29)14-4-6-16(7-5-14)33-20-8-9-26-19-11-21(32-2)18(24(30)31)10-17(19)20/h4-13,22H,3H2,1-2H3,(H2,25,29)(H,30,31). The van der Waals surface area contributed by atoms with Gasteiger partial charge in [-0.05, 0) is 36.8 Å². The number of carbonyl (C=O) groups is 2. The molecule has 0 bridgehead atoms. The second-order valence-electron chi connectivity index (χ2n) is 7.32. The molecule has 1 amide bonds. The van der Waals surface area contributed by atoms with Crippen molar-refractivity contribution >= 4 is 22.8 Å². The Hall–Kier alpha value is -4.40. The number of rotatable bonds is 8. The van der Waals surface area contributed by atoms with Crippen LogP contribution in [0.25, 0.3) is 10.9 Å². The van der Waals surface area contributed by atoms with Gasteiger partial charge in [0.2, 0.25) is 5.91 Å². The maximum Gasteiger partial charge on any atom is 0.339 e. The molecule has 1 atom stereocenters. The van der Waals surface area contributed by atoms with Gasteiger partial charge < -0.3 is 20.3 Å². The molecule has 9 heteroatoms. The number of benzene rings is 2. The van der Waals surface area contributed by atoms with E-state index in [1.54, 1.807) is 59.7 Å². The molecule has 0 aliphatic rings. The normalized spacial score (nSPS) is 11.8. The number of hydrogen-bond donors (Lipinski definition) is 2. The fraction of sp³-hybridized carbons (Fsp3) is 0.167. The summed E-state index contributed by atoms with van der Waals surface area (Å²) in [6, 6.07) is 11.7. The molecule has 4 aromatic rings. The van der Waals surface area contributed by atoms with Crippen molar-refractivity contribution in [2.75, 3.05) is 7.11 Å². The van der Waals surface area contributed by atoms with Crippen LogP contribution in [0, 0.1) is 0 Å². The van der Waals surface area contributed by atoms with E-state index in [0.717, 1.165) is 0 Å². The molecular formula is C24H22N4O5. The summed E-state index contributed by atoms with van der Waals surface area (Å²) in [7, 11) is 1.40. The van der Waals surface area contributed by atoms with Crippen LogP contribution in [0.3, 0.4) is 0 Å². The fourth-order valence-electron chi connectivity index (χ4n) is 3.65. The van der Waals surface area contributed by atoms with Gasteiger partial charge in [-0.25, -0.2) is 4.79 Å². The van der Waals surface area contributed by atoms with Gasteiger partial charge in [0.15, 0.2) is 0 Å². The van der Waals surface area contributed by atoms with Gasteiger partial charge in [0.05, 0.1) is 24.7 Å². The molecule has 168 valence electrons. The van der Waals surface area contributed by atoms with E-state index in [1.807, 2.05) is 6.92 Å². The number of fused-ring (bicyclic) bond motifs is 1. The summed E-state index contributed by atoms with van der Waals surface area (Å²) in [6.07, 6.45) is 5.01. The van der Waals surface area contributed by atoms with Crippen LogP contribution < -0.4 is 15.2 Å². The van der Waals surface area contributed by atoms with Crippen LogP contribution in [-0.4, -0.2) is 38.9 Å². The van der Waals surface area contributed by atoms with Gasteiger partial charge in [-0.3, -0.25) is 14.5 Å². The van der Waals surface area contributed by atoms with E-state index in [-0.39, 0.29) is 11.3 Å². The highest BCUT2D eigenvalue weighted by molar-refractivity contribution is 5.98. The molecule has 0 aliphatic carbocycles. The van der Waals surface area contributed by atoms with Gasteiger partial charge >= 0.3 is 5.97 Å². The van der Waals surface area contributed by atoms with Crippen molar-refractivity contribution in [3.63, 3.8) is 0 Å². The molecule has 4 rings (SSSR count). The number of aryl methyl sites for hydroxylation is 1. The third kappa shape index (κ3) is 4.33. The molecule has 9 nitrogen and oxygen atoms in total. The summed E-state index contributed by atoms with van der Waals surface area (Å²) >= 11 is 0. The van der Waals surface area contributed by atoms with Crippen LogP contribution in [-0.2, 0) is 11.3 Å². The first-order valence-electron chi connectivity index (χ1n) is 10.2. The lowest BCUT2D eigenvalue weighted by Gasteiger charge is -2.14. The number of methoxy groups -OCH3 is 1. The molecule has 3 N–H and O–H groups in total. The van der Waals surface area contributed by atoms with E-state index >= 15 is 0 Å². The van der Waals surface area contributed by atoms with E-state index in [9.17, 15) is 14.7 Å². The summed E-state index contributed by atoms with van der Waals surface area (Å²) < 4.78 is 12.9. The summed E-state index contributed by atoms with van der Waals surface area (Å²) in [5.74, 6) is -1.06. The van der Waals surface area contributed by atoms with E-state index < -0.39 is 17.8 Å². The number of nitrogens with zero attached hydrogens (tertiary/aromatic N) is 3. The van der Waals surface area contributed by atoms with Crippen molar-refractivity contribution in [2.24, 2.45) is 5.73 Å². The number of carboxylic acid groups (broad SMARTS) is 1. The highest BCUT2D eigenvalue weighted by Crippen LogP contribution is 2.34. The molecule has 0 spiro atoms. The Morgan fingerprint density at radius 1 is 1.12 bits per heavy atom. The first kappa shape index (κ1) is 21.8. The molecule has 0 radical (unpaired) electrons. The number of carboxylic acids is 1. The Morgan fingerprint density at radius 2 is 1.88 bits per heavy atom. The third-order valence-corrected chi connectivity index (χ3v) is 5.29. The van der Waals surface area contributed by atoms with Crippen molar-refractivity contribution in [1.29, 1.82) is 0 Å². The summed E-state index contributed by atoms with van der Waals surface area (Å²) in [5, 5.41) is 14.2. The van der Waals surface area contributed by atoms with E-state index in [4.69, 9.17) is 15.2 Å². The number of aromatic carboxylic acids is 1. The fourth-order valence-corrected chi connectivity index (χ4v) is 3.65. The van der Waals surface area contributed by atoms with Crippen LogP contribution in [0.1, 0.15) is 34.3 Å². The van der Waals surface area contributed by atoms with Gasteiger partial charge in [0, 0.05) is 36.0 Å². The second kappa shape index (κ2) is 8.99. The average molecular weight is 446 g/mol. The smallest absolute Gasteiger partial charge is 0.339 e. The van der Waals surface area contributed by atoms with Crippen molar-refractivity contribution in [3.8, 4) is 17.2 Å². The molecule has 0 saturated carbocycles. The van der Waals surface area contributed by atoms with Crippen LogP contribution in [0.2, 0.25) is 0 Å². The molecule has 33 heavy (non-hydrogen) atoms. The lowest BCUT2D eigenvalue weighted by molar-refractivity contribution is -0.118. The molecule has 2 aromatic carbocycles. The van der Waals surface area contributed by atoms with Gasteiger partial charge in [0.1, 0.15) is 22.8 Å². The Balaban J connectivity index is 1.65. The molecule has 2 aromatic heterocycles. The molecule has 1 unspecified atom stereocenters. The summed E-state index contributed by atoms with van der Waals surface area (Å²) in [5.41, 5.74) is 7.64. The average Bonchev–Trinajstić information content (AvgIpc) is 3.28. The molecule has 0 fully saturated rings. The van der Waals surface area contributed by atoms with Gasteiger partial charge in [-0.15, -0.1) is 0 Å². The third-order valence-electron chi connectivity index (χ3n) is 5.29. The quantitative estimate of drug-likeness (QED) is 0.423. The summed E-state index contributed by atoms with van der Waals surface area (Å²) in [6.45, 7) is 2.65. The van der Waals surface area contributed by atoms with Crippen LogP contribution in [0.5, 0.6) is 17.2 Å². The van der Waals surface area contributed by atoms with E-state index in [1.165, 1.54) is 13.2 Å². The Morgan fingerprint density at radius 3 is 2.48 bits per heavy atom. The number of ether oxygens (including phenoxy) is 2. The highest BCUT2D eigenvalue weighted by Gasteiger charge is 2.22. The largest absolute Gasteiger partial charge is 0.496 e. The minimum atomic E-state index is -1.11. The number of amides is 1. The van der Waals surface area contributed by atoms with Crippen molar-refractivity contribution < 1.29 is 24.2 Å². The monoisotopic (exact) mass is 446 g/mol. The topological polar surface area (TPSA) is 130 Å². The van der Waals surface area contributed by atoms with Crippen molar-refractivity contribution in [1.82, 2.24) is 14.8 Å². The Bertz CT molecular complexity index is 1330. The number of aromatic nitrogens is 3. The maximum absolute atomic E-state index is 12.1. The Kier molecular flexibility index (Phi) is 5.95. The molecular weight excluding hydrogens is 424 g/mol. The minimum Gasteiger partial charge on any atom is -0.496 e. The zero-order valence-corrected chi connectivity index (χ0v) is 18.1. The van der Waals surface area contributed by atoms with E-state index in [2.05, 4.69) is 10.1 Å². The van der Waals surface area contributed by atoms with E-state index in [0.29, 0.717) is 40.1 Å². The minimum absolute atomic E-state index is 0.00937. The second-order valence-corrected chi connectivity index (χ2v) is 7.32. The number of pyridine rings is 1. The zero-order valence-electron chi connectivity index (χ0n) is 18.1. The lowest BCUT2D eigenvalue weighted by Crippen LogP contribution is -2.22. The SMILES string of the molecule is CCn1cc(C(C(N)=O)c2ccc(Oc3ccnc4cc(OC)c(C(=O)O)cc34)cc2)cn1. The number of hydrogen-bond acceptors (Lipinski definition) is 6. The van der Waals surface area contributed by atoms with Crippen LogP contribution in [0.4, 0.5) is 0 Å². The first-order valence-corrected chi connectivity index (χ1v) is 10.2. The molecule has 0 saturated heterocycles. The van der Waals surface area contributed by atoms with Crippen molar-refractivity contribution in [2.45, 2.75) is 19.4 Å². The molecule has 0 aliphatic heterocycles. The predicted molar refractivity (Wildman–Crippen MR) is 121 cm³/mol. The first-order chi connectivity index (χ1) is 15.9. The Labute approximate surface area is 189 Å². The predicted octanol–water partition coefficient (Wildman–Crippen LogP) is 3.57. The van der Waals surface area contributed by atoms with Crippen LogP contribution in [0.15, 0.2) is 61.1 Å². The van der Waals surface area contributed by atoms with Gasteiger partial charge in [0.25, 0.3) is 0 Å². The highest BCUT2D eigenvalue weighted by atomic mass is 16.5. The summed E-state index contributed by atoms with van der Waals surface area (Å²) in [4.78, 5) is 28.0.